The summed E-state index contributed by atoms with van der Waals surface area (Å²) in [6, 6.07) is 0.718. The van der Waals surface area contributed by atoms with Crippen molar-refractivity contribution < 1.29 is 4.74 Å². The summed E-state index contributed by atoms with van der Waals surface area (Å²) in [6.45, 7) is 10.3. The molecule has 1 aliphatic heterocycles. The third kappa shape index (κ3) is 4.67. The third-order valence-corrected chi connectivity index (χ3v) is 5.72. The van der Waals surface area contributed by atoms with E-state index in [0.29, 0.717) is 5.54 Å². The summed E-state index contributed by atoms with van der Waals surface area (Å²) in [6.07, 6.45) is 10.7. The molecule has 1 aliphatic carbocycles. The van der Waals surface area contributed by atoms with E-state index >= 15 is 0 Å². The molecular weight excluding hydrogens is 260 g/mol. The Balaban J connectivity index is 1.97. The average Bonchev–Trinajstić information content (AvgIpc) is 2.49. The molecule has 0 bridgehead atoms. The lowest BCUT2D eigenvalue weighted by molar-refractivity contribution is -0.0104. The summed E-state index contributed by atoms with van der Waals surface area (Å²) in [5, 5.41) is 3.94. The quantitative estimate of drug-likeness (QED) is 0.811. The van der Waals surface area contributed by atoms with Crippen LogP contribution in [0.1, 0.15) is 72.1 Å². The highest BCUT2D eigenvalue weighted by atomic mass is 16.5. The predicted molar refractivity (Wildman–Crippen MR) is 89.8 cm³/mol. The summed E-state index contributed by atoms with van der Waals surface area (Å²) >= 11 is 0. The first-order valence-electron chi connectivity index (χ1n) is 9.04. The van der Waals surface area contributed by atoms with Crippen molar-refractivity contribution >= 4 is 0 Å². The Morgan fingerprint density at radius 2 is 1.95 bits per heavy atom. The molecule has 1 spiro atoms. The van der Waals surface area contributed by atoms with Crippen molar-refractivity contribution in [3.05, 3.63) is 0 Å². The molecule has 0 aromatic carbocycles. The van der Waals surface area contributed by atoms with Gasteiger partial charge in [0.1, 0.15) is 0 Å². The highest BCUT2D eigenvalue weighted by Gasteiger charge is 2.39. The van der Waals surface area contributed by atoms with Crippen LogP contribution in [-0.4, -0.2) is 48.8 Å². The summed E-state index contributed by atoms with van der Waals surface area (Å²) in [5.74, 6) is 0. The first kappa shape index (κ1) is 17.2. The van der Waals surface area contributed by atoms with Gasteiger partial charge in [0.15, 0.2) is 0 Å². The number of hydrogen-bond donors (Lipinski definition) is 1. The van der Waals surface area contributed by atoms with Gasteiger partial charge in [-0.15, -0.1) is 0 Å². The minimum absolute atomic E-state index is 0.00136. The Morgan fingerprint density at radius 1 is 1.24 bits per heavy atom. The van der Waals surface area contributed by atoms with Gasteiger partial charge in [-0.2, -0.15) is 0 Å². The number of methoxy groups -OCH3 is 1. The molecule has 124 valence electrons. The summed E-state index contributed by atoms with van der Waals surface area (Å²) < 4.78 is 5.62. The molecule has 0 radical (unpaired) electrons. The SMILES string of the molecule is CCCC1CNC2(CCCCC2)CN1CCC(C)(C)OC. The molecule has 1 unspecified atom stereocenters. The van der Waals surface area contributed by atoms with Gasteiger partial charge < -0.3 is 10.1 Å². The monoisotopic (exact) mass is 296 g/mol. The zero-order chi connectivity index (χ0) is 15.3. The van der Waals surface area contributed by atoms with Gasteiger partial charge in [0, 0.05) is 38.3 Å². The molecule has 2 aliphatic rings. The van der Waals surface area contributed by atoms with Crippen molar-refractivity contribution in [1.29, 1.82) is 0 Å². The number of nitrogens with zero attached hydrogens (tertiary/aromatic N) is 1. The normalized spacial score (nSPS) is 27.1. The van der Waals surface area contributed by atoms with Gasteiger partial charge in [0.2, 0.25) is 0 Å². The lowest BCUT2D eigenvalue weighted by Crippen LogP contribution is -2.65. The van der Waals surface area contributed by atoms with Crippen LogP contribution in [-0.2, 0) is 4.74 Å². The van der Waals surface area contributed by atoms with Crippen LogP contribution < -0.4 is 5.32 Å². The van der Waals surface area contributed by atoms with Crippen LogP contribution >= 0.6 is 0 Å². The van der Waals surface area contributed by atoms with Crippen LogP contribution in [0.3, 0.4) is 0 Å². The van der Waals surface area contributed by atoms with E-state index in [9.17, 15) is 0 Å². The summed E-state index contributed by atoms with van der Waals surface area (Å²) in [5.41, 5.74) is 0.418. The van der Waals surface area contributed by atoms with Crippen molar-refractivity contribution in [2.45, 2.75) is 89.3 Å². The Morgan fingerprint density at radius 3 is 2.57 bits per heavy atom. The fourth-order valence-corrected chi connectivity index (χ4v) is 4.00. The highest BCUT2D eigenvalue weighted by molar-refractivity contribution is 4.99. The maximum absolute atomic E-state index is 5.62. The molecule has 0 aromatic heterocycles. The first-order chi connectivity index (χ1) is 10.0. The second kappa shape index (κ2) is 7.43. The zero-order valence-electron chi connectivity index (χ0n) is 14.7. The molecule has 2 rings (SSSR count). The van der Waals surface area contributed by atoms with Gasteiger partial charge in [-0.25, -0.2) is 0 Å². The van der Waals surface area contributed by atoms with E-state index in [0.717, 1.165) is 12.5 Å². The van der Waals surface area contributed by atoms with Crippen LogP contribution in [0.2, 0.25) is 0 Å². The van der Waals surface area contributed by atoms with Crippen molar-refractivity contribution in [3.63, 3.8) is 0 Å². The maximum Gasteiger partial charge on any atom is 0.0634 e. The average molecular weight is 296 g/mol. The van der Waals surface area contributed by atoms with Crippen molar-refractivity contribution in [2.75, 3.05) is 26.7 Å². The largest absolute Gasteiger partial charge is 0.379 e. The first-order valence-corrected chi connectivity index (χ1v) is 9.04. The van der Waals surface area contributed by atoms with Crippen LogP contribution in [0.4, 0.5) is 0 Å². The van der Waals surface area contributed by atoms with E-state index in [1.807, 2.05) is 7.11 Å². The standard InChI is InChI=1S/C18H36N2O/c1-5-9-16-14-19-18(10-7-6-8-11-18)15-20(16)13-12-17(2,3)21-4/h16,19H,5-15H2,1-4H3. The predicted octanol–water partition coefficient (Wildman–Crippen LogP) is 3.58. The van der Waals surface area contributed by atoms with E-state index in [2.05, 4.69) is 31.0 Å². The molecule has 21 heavy (non-hydrogen) atoms. The van der Waals surface area contributed by atoms with Gasteiger partial charge in [0.25, 0.3) is 0 Å². The second-order valence-corrected chi connectivity index (χ2v) is 7.85. The van der Waals surface area contributed by atoms with Crippen LogP contribution in [0.15, 0.2) is 0 Å². The minimum atomic E-state index is 0.00136. The second-order valence-electron chi connectivity index (χ2n) is 7.85. The van der Waals surface area contributed by atoms with Gasteiger partial charge in [-0.1, -0.05) is 32.6 Å². The Hall–Kier alpha value is -0.120. The van der Waals surface area contributed by atoms with Gasteiger partial charge in [-0.05, 0) is 39.5 Å². The number of piperazine rings is 1. The van der Waals surface area contributed by atoms with E-state index < -0.39 is 0 Å². The van der Waals surface area contributed by atoms with E-state index in [1.165, 1.54) is 64.6 Å². The van der Waals surface area contributed by atoms with E-state index in [-0.39, 0.29) is 5.60 Å². The molecule has 2 fully saturated rings. The maximum atomic E-state index is 5.62. The number of hydrogen-bond acceptors (Lipinski definition) is 3. The topological polar surface area (TPSA) is 24.5 Å². The van der Waals surface area contributed by atoms with Gasteiger partial charge in [-0.3, -0.25) is 4.90 Å². The molecule has 1 atom stereocenters. The molecule has 0 aromatic rings. The molecule has 1 saturated carbocycles. The molecule has 1 heterocycles. The van der Waals surface area contributed by atoms with Gasteiger partial charge in [0.05, 0.1) is 5.60 Å². The minimum Gasteiger partial charge on any atom is -0.379 e. The van der Waals surface area contributed by atoms with Crippen molar-refractivity contribution in [3.8, 4) is 0 Å². The Kier molecular flexibility index (Phi) is 6.10. The molecule has 1 saturated heterocycles. The third-order valence-electron chi connectivity index (χ3n) is 5.72. The van der Waals surface area contributed by atoms with E-state index in [4.69, 9.17) is 4.74 Å². The summed E-state index contributed by atoms with van der Waals surface area (Å²) in [7, 11) is 1.84. The Labute approximate surface area is 131 Å². The molecule has 3 heteroatoms. The molecule has 1 N–H and O–H groups in total. The smallest absolute Gasteiger partial charge is 0.0634 e. The zero-order valence-corrected chi connectivity index (χ0v) is 14.7. The van der Waals surface area contributed by atoms with E-state index in [1.54, 1.807) is 0 Å². The van der Waals surface area contributed by atoms with Gasteiger partial charge >= 0.3 is 0 Å². The highest BCUT2D eigenvalue weighted by Crippen LogP contribution is 2.33. The number of rotatable bonds is 6. The van der Waals surface area contributed by atoms with Crippen LogP contribution in [0.5, 0.6) is 0 Å². The number of ether oxygens (including phenoxy) is 1. The fraction of sp³-hybridized carbons (Fsp3) is 1.00. The molecular formula is C18H36N2O. The molecule has 0 amide bonds. The van der Waals surface area contributed by atoms with Crippen molar-refractivity contribution in [2.24, 2.45) is 0 Å². The van der Waals surface area contributed by atoms with Crippen LogP contribution in [0.25, 0.3) is 0 Å². The van der Waals surface area contributed by atoms with Crippen LogP contribution in [0, 0.1) is 0 Å². The lowest BCUT2D eigenvalue weighted by Gasteiger charge is -2.50. The van der Waals surface area contributed by atoms with Crippen molar-refractivity contribution in [1.82, 2.24) is 10.2 Å². The number of nitrogens with one attached hydrogen (secondary N) is 1. The Bertz CT molecular complexity index is 310. The lowest BCUT2D eigenvalue weighted by atomic mass is 9.79. The molecule has 3 nitrogen and oxygen atoms in total. The fourth-order valence-electron chi connectivity index (χ4n) is 4.00. The summed E-state index contributed by atoms with van der Waals surface area (Å²) in [4.78, 5) is 2.77.